The molecule has 2 aromatic rings. The summed E-state index contributed by atoms with van der Waals surface area (Å²) in [6.45, 7) is 8.61. The molecule has 0 fully saturated rings. The molecule has 5 heteroatoms. The molecule has 0 atom stereocenters. The number of rotatable bonds is 3. The number of aryl methyl sites for hydroxylation is 1. The van der Waals surface area contributed by atoms with Gasteiger partial charge < -0.3 is 10.5 Å². The van der Waals surface area contributed by atoms with E-state index in [1.807, 2.05) is 6.07 Å². The van der Waals surface area contributed by atoms with Crippen LogP contribution >= 0.6 is 15.9 Å². The monoisotopic (exact) mass is 349 g/mol. The van der Waals surface area contributed by atoms with Crippen LogP contribution in [0.4, 0.5) is 5.82 Å². The summed E-state index contributed by atoms with van der Waals surface area (Å²) in [5, 5.41) is 0. The zero-order chi connectivity index (χ0) is 15.6. The molecule has 0 saturated heterocycles. The van der Waals surface area contributed by atoms with Crippen molar-refractivity contribution in [3.05, 3.63) is 40.0 Å². The summed E-state index contributed by atoms with van der Waals surface area (Å²) in [5.74, 6) is 1.13. The van der Waals surface area contributed by atoms with Crippen LogP contribution in [-0.4, -0.2) is 9.97 Å². The third-order valence-corrected chi connectivity index (χ3v) is 3.56. The third kappa shape index (κ3) is 3.94. The van der Waals surface area contributed by atoms with Gasteiger partial charge in [-0.25, -0.2) is 0 Å². The van der Waals surface area contributed by atoms with Gasteiger partial charge >= 0.3 is 6.01 Å². The van der Waals surface area contributed by atoms with Crippen LogP contribution in [0.1, 0.15) is 38.8 Å². The number of halogens is 1. The van der Waals surface area contributed by atoms with E-state index in [1.54, 1.807) is 6.07 Å². The molecule has 1 aromatic heterocycles. The van der Waals surface area contributed by atoms with E-state index >= 15 is 0 Å². The SMILES string of the molecule is CCc1ccc(Oc2nc(N)cc(Br)n2)c(C(C)(C)C)c1. The molecule has 0 unspecified atom stereocenters. The van der Waals surface area contributed by atoms with Crippen molar-refractivity contribution in [1.82, 2.24) is 9.97 Å². The van der Waals surface area contributed by atoms with Gasteiger partial charge in [0.2, 0.25) is 0 Å². The third-order valence-electron chi connectivity index (χ3n) is 3.16. The first-order chi connectivity index (χ1) is 9.79. The first kappa shape index (κ1) is 15.8. The summed E-state index contributed by atoms with van der Waals surface area (Å²) in [4.78, 5) is 8.31. The van der Waals surface area contributed by atoms with Crippen molar-refractivity contribution in [2.24, 2.45) is 0 Å². The molecule has 1 aromatic carbocycles. The molecule has 0 saturated carbocycles. The number of benzene rings is 1. The molecular weight excluding hydrogens is 330 g/mol. The summed E-state index contributed by atoms with van der Waals surface area (Å²) in [7, 11) is 0. The molecule has 0 spiro atoms. The van der Waals surface area contributed by atoms with E-state index in [2.05, 4.69) is 65.7 Å². The van der Waals surface area contributed by atoms with E-state index in [9.17, 15) is 0 Å². The minimum atomic E-state index is -0.0297. The van der Waals surface area contributed by atoms with Gasteiger partial charge in [0, 0.05) is 11.6 Å². The Morgan fingerprint density at radius 1 is 1.19 bits per heavy atom. The first-order valence-electron chi connectivity index (χ1n) is 6.91. The molecule has 1 heterocycles. The Morgan fingerprint density at radius 2 is 1.90 bits per heavy atom. The number of ether oxygens (including phenoxy) is 1. The quantitative estimate of drug-likeness (QED) is 0.830. The van der Waals surface area contributed by atoms with Gasteiger partial charge in [-0.3, -0.25) is 0 Å². The number of nitrogens with two attached hydrogens (primary N) is 1. The highest BCUT2D eigenvalue weighted by molar-refractivity contribution is 9.10. The molecule has 0 bridgehead atoms. The van der Waals surface area contributed by atoms with Crippen molar-refractivity contribution in [2.75, 3.05) is 5.73 Å². The van der Waals surface area contributed by atoms with Gasteiger partial charge in [-0.1, -0.05) is 39.8 Å². The largest absolute Gasteiger partial charge is 0.424 e. The maximum atomic E-state index is 5.86. The molecule has 2 rings (SSSR count). The number of nitrogen functional groups attached to an aromatic ring is 1. The lowest BCUT2D eigenvalue weighted by molar-refractivity contribution is 0.422. The summed E-state index contributed by atoms with van der Waals surface area (Å²) in [5.41, 5.74) is 8.10. The van der Waals surface area contributed by atoms with Crippen LogP contribution < -0.4 is 10.5 Å². The lowest BCUT2D eigenvalue weighted by Crippen LogP contribution is -2.13. The highest BCUT2D eigenvalue weighted by Crippen LogP contribution is 2.34. The summed E-state index contributed by atoms with van der Waals surface area (Å²) >= 11 is 3.30. The van der Waals surface area contributed by atoms with E-state index < -0.39 is 0 Å². The van der Waals surface area contributed by atoms with Gasteiger partial charge in [0.25, 0.3) is 0 Å². The fourth-order valence-electron chi connectivity index (χ4n) is 2.03. The van der Waals surface area contributed by atoms with Crippen LogP contribution in [0.2, 0.25) is 0 Å². The number of aromatic nitrogens is 2. The summed E-state index contributed by atoms with van der Waals surface area (Å²) in [6, 6.07) is 8.09. The molecule has 0 amide bonds. The number of hydrogen-bond donors (Lipinski definition) is 1. The van der Waals surface area contributed by atoms with Gasteiger partial charge in [-0.15, -0.1) is 0 Å². The highest BCUT2D eigenvalue weighted by atomic mass is 79.9. The molecule has 0 aliphatic carbocycles. The van der Waals surface area contributed by atoms with Crippen LogP contribution in [-0.2, 0) is 11.8 Å². The molecule has 2 N–H and O–H groups in total. The van der Waals surface area contributed by atoms with Gasteiger partial charge in [0.15, 0.2) is 0 Å². The van der Waals surface area contributed by atoms with E-state index in [1.165, 1.54) is 5.56 Å². The summed E-state index contributed by atoms with van der Waals surface area (Å²) in [6.07, 6.45) is 0.990. The van der Waals surface area contributed by atoms with Crippen molar-refractivity contribution in [2.45, 2.75) is 39.5 Å². The van der Waals surface area contributed by atoms with Crippen LogP contribution in [0.15, 0.2) is 28.9 Å². The average molecular weight is 350 g/mol. The number of hydrogen-bond acceptors (Lipinski definition) is 4. The Labute approximate surface area is 133 Å². The highest BCUT2D eigenvalue weighted by Gasteiger charge is 2.20. The van der Waals surface area contributed by atoms with Crippen LogP contribution in [0.25, 0.3) is 0 Å². The van der Waals surface area contributed by atoms with E-state index in [4.69, 9.17) is 10.5 Å². The van der Waals surface area contributed by atoms with Crippen molar-refractivity contribution in [3.8, 4) is 11.8 Å². The normalized spacial score (nSPS) is 11.5. The van der Waals surface area contributed by atoms with E-state index in [-0.39, 0.29) is 11.4 Å². The smallest absolute Gasteiger partial charge is 0.325 e. The second kappa shape index (κ2) is 6.02. The molecular formula is C16H20BrN3O. The Bertz CT molecular complexity index is 630. The lowest BCUT2D eigenvalue weighted by atomic mass is 9.85. The van der Waals surface area contributed by atoms with Gasteiger partial charge in [0.05, 0.1) is 0 Å². The maximum Gasteiger partial charge on any atom is 0.325 e. The van der Waals surface area contributed by atoms with Gasteiger partial charge in [0.1, 0.15) is 16.2 Å². The van der Waals surface area contributed by atoms with Gasteiger partial charge in [-0.05, 0) is 39.4 Å². The van der Waals surface area contributed by atoms with Crippen LogP contribution in [0.5, 0.6) is 11.8 Å². The molecule has 112 valence electrons. The average Bonchev–Trinajstić information content (AvgIpc) is 2.36. The topological polar surface area (TPSA) is 61.0 Å². The van der Waals surface area contributed by atoms with E-state index in [0.29, 0.717) is 10.4 Å². The molecule has 0 radical (unpaired) electrons. The van der Waals surface area contributed by atoms with Gasteiger partial charge in [-0.2, -0.15) is 9.97 Å². The molecule has 0 aliphatic heterocycles. The second-order valence-corrected chi connectivity index (χ2v) is 6.75. The Kier molecular flexibility index (Phi) is 4.52. The molecule has 21 heavy (non-hydrogen) atoms. The lowest BCUT2D eigenvalue weighted by Gasteiger charge is -2.23. The Morgan fingerprint density at radius 3 is 2.48 bits per heavy atom. The van der Waals surface area contributed by atoms with Crippen molar-refractivity contribution >= 4 is 21.7 Å². The Balaban J connectivity index is 2.43. The number of nitrogens with zero attached hydrogens (tertiary/aromatic N) is 2. The maximum absolute atomic E-state index is 5.86. The summed E-state index contributed by atoms with van der Waals surface area (Å²) < 4.78 is 6.47. The molecule has 0 aliphatic rings. The van der Waals surface area contributed by atoms with Crippen LogP contribution in [0.3, 0.4) is 0 Å². The fraction of sp³-hybridized carbons (Fsp3) is 0.375. The minimum absolute atomic E-state index is 0.0297. The minimum Gasteiger partial charge on any atom is -0.424 e. The Hall–Kier alpha value is -1.62. The second-order valence-electron chi connectivity index (χ2n) is 5.93. The predicted octanol–water partition coefficient (Wildman–Crippen LogP) is 4.47. The standard InChI is InChI=1S/C16H20BrN3O/c1-5-10-6-7-12(11(8-10)16(2,3)4)21-15-19-13(17)9-14(18)20-15/h6-9H,5H2,1-4H3,(H2,18,19,20). The molecule has 4 nitrogen and oxygen atoms in total. The fourth-order valence-corrected chi connectivity index (χ4v) is 2.42. The van der Waals surface area contributed by atoms with Crippen LogP contribution in [0, 0.1) is 0 Å². The predicted molar refractivity (Wildman–Crippen MR) is 88.7 cm³/mol. The zero-order valence-corrected chi connectivity index (χ0v) is 14.4. The number of anilines is 1. The van der Waals surface area contributed by atoms with Crippen molar-refractivity contribution in [1.29, 1.82) is 0 Å². The first-order valence-corrected chi connectivity index (χ1v) is 7.70. The van der Waals surface area contributed by atoms with E-state index in [0.717, 1.165) is 17.7 Å². The van der Waals surface area contributed by atoms with Crippen molar-refractivity contribution in [3.63, 3.8) is 0 Å². The zero-order valence-electron chi connectivity index (χ0n) is 12.8. The van der Waals surface area contributed by atoms with Crippen molar-refractivity contribution < 1.29 is 4.74 Å².